The second-order valence-corrected chi connectivity index (χ2v) is 3.30. The molecule has 2 rings (SSSR count). The molecule has 14 heavy (non-hydrogen) atoms. The van der Waals surface area contributed by atoms with E-state index in [1.807, 2.05) is 42.9 Å². The third-order valence-electron chi connectivity index (χ3n) is 2.23. The number of hydrogen-bond acceptors (Lipinski definition) is 2. The van der Waals surface area contributed by atoms with Crippen LogP contribution in [0.3, 0.4) is 0 Å². The van der Waals surface area contributed by atoms with Gasteiger partial charge in [0, 0.05) is 30.7 Å². The Morgan fingerprint density at radius 1 is 1.14 bits per heavy atom. The standard InChI is InChI=1S/C12H12N2/c1-10-9-13-7-5-11(10)8-12-4-2-3-6-14-12/h2-7,9H,8H2,1H3. The van der Waals surface area contributed by atoms with E-state index in [0.29, 0.717) is 0 Å². The summed E-state index contributed by atoms with van der Waals surface area (Å²) in [6, 6.07) is 8.03. The van der Waals surface area contributed by atoms with Crippen molar-refractivity contribution in [3.05, 3.63) is 59.7 Å². The highest BCUT2D eigenvalue weighted by Crippen LogP contribution is 2.09. The molecule has 0 fully saturated rings. The molecule has 0 radical (unpaired) electrons. The van der Waals surface area contributed by atoms with Crippen molar-refractivity contribution >= 4 is 0 Å². The number of aromatic nitrogens is 2. The van der Waals surface area contributed by atoms with Crippen LogP contribution >= 0.6 is 0 Å². The Morgan fingerprint density at radius 2 is 2.07 bits per heavy atom. The van der Waals surface area contributed by atoms with E-state index in [0.717, 1.165) is 12.1 Å². The lowest BCUT2D eigenvalue weighted by Crippen LogP contribution is -1.94. The minimum Gasteiger partial charge on any atom is -0.264 e. The van der Waals surface area contributed by atoms with Crippen LogP contribution in [0.15, 0.2) is 42.9 Å². The van der Waals surface area contributed by atoms with Gasteiger partial charge in [0.15, 0.2) is 0 Å². The molecule has 0 unspecified atom stereocenters. The normalized spacial score (nSPS) is 10.1. The van der Waals surface area contributed by atoms with E-state index in [1.54, 1.807) is 0 Å². The molecule has 0 amide bonds. The summed E-state index contributed by atoms with van der Waals surface area (Å²) in [6.07, 6.45) is 6.42. The fourth-order valence-corrected chi connectivity index (χ4v) is 1.40. The van der Waals surface area contributed by atoms with Crippen LogP contribution in [-0.4, -0.2) is 9.97 Å². The van der Waals surface area contributed by atoms with Crippen LogP contribution in [0.25, 0.3) is 0 Å². The summed E-state index contributed by atoms with van der Waals surface area (Å²) < 4.78 is 0. The van der Waals surface area contributed by atoms with Crippen molar-refractivity contribution in [2.24, 2.45) is 0 Å². The molecule has 0 saturated carbocycles. The molecule has 0 spiro atoms. The zero-order valence-corrected chi connectivity index (χ0v) is 8.14. The Bertz CT molecular complexity index is 410. The molecule has 70 valence electrons. The number of nitrogens with zero attached hydrogens (tertiary/aromatic N) is 2. The second kappa shape index (κ2) is 4.01. The predicted molar refractivity (Wildman–Crippen MR) is 56.0 cm³/mol. The Labute approximate surface area is 83.7 Å². The van der Waals surface area contributed by atoms with E-state index in [-0.39, 0.29) is 0 Å². The van der Waals surface area contributed by atoms with E-state index < -0.39 is 0 Å². The van der Waals surface area contributed by atoms with Gasteiger partial charge in [0.1, 0.15) is 0 Å². The summed E-state index contributed by atoms with van der Waals surface area (Å²) in [5, 5.41) is 0. The molecule has 2 heteroatoms. The van der Waals surface area contributed by atoms with Crippen LogP contribution in [0, 0.1) is 6.92 Å². The average molecular weight is 184 g/mol. The van der Waals surface area contributed by atoms with Gasteiger partial charge in [-0.25, -0.2) is 0 Å². The number of hydrogen-bond donors (Lipinski definition) is 0. The van der Waals surface area contributed by atoms with Crippen LogP contribution < -0.4 is 0 Å². The average Bonchev–Trinajstić information content (AvgIpc) is 2.23. The summed E-state index contributed by atoms with van der Waals surface area (Å²) in [5.41, 5.74) is 3.61. The molecule has 0 aliphatic rings. The van der Waals surface area contributed by atoms with Gasteiger partial charge in [0.25, 0.3) is 0 Å². The quantitative estimate of drug-likeness (QED) is 0.716. The van der Waals surface area contributed by atoms with Crippen LogP contribution in [0.5, 0.6) is 0 Å². The topological polar surface area (TPSA) is 25.8 Å². The van der Waals surface area contributed by atoms with Gasteiger partial charge in [-0.3, -0.25) is 9.97 Å². The summed E-state index contributed by atoms with van der Waals surface area (Å²) >= 11 is 0. The zero-order chi connectivity index (χ0) is 9.80. The van der Waals surface area contributed by atoms with Gasteiger partial charge in [-0.2, -0.15) is 0 Å². The molecular weight excluding hydrogens is 172 g/mol. The number of pyridine rings is 2. The molecule has 0 aromatic carbocycles. The fourth-order valence-electron chi connectivity index (χ4n) is 1.40. The summed E-state index contributed by atoms with van der Waals surface area (Å²) in [7, 11) is 0. The maximum absolute atomic E-state index is 4.29. The van der Waals surface area contributed by atoms with Crippen LogP contribution in [0.4, 0.5) is 0 Å². The lowest BCUT2D eigenvalue weighted by Gasteiger charge is -2.03. The van der Waals surface area contributed by atoms with E-state index >= 15 is 0 Å². The van der Waals surface area contributed by atoms with Gasteiger partial charge in [-0.15, -0.1) is 0 Å². The molecule has 2 aromatic rings. The molecular formula is C12H12N2. The van der Waals surface area contributed by atoms with Crippen molar-refractivity contribution in [1.82, 2.24) is 9.97 Å². The van der Waals surface area contributed by atoms with Crippen molar-refractivity contribution in [2.75, 3.05) is 0 Å². The van der Waals surface area contributed by atoms with E-state index in [9.17, 15) is 0 Å². The first-order chi connectivity index (χ1) is 6.86. The van der Waals surface area contributed by atoms with Crippen molar-refractivity contribution in [3.63, 3.8) is 0 Å². The summed E-state index contributed by atoms with van der Waals surface area (Å²) in [4.78, 5) is 8.36. The van der Waals surface area contributed by atoms with Gasteiger partial charge >= 0.3 is 0 Å². The zero-order valence-electron chi connectivity index (χ0n) is 8.14. The molecule has 0 aliphatic carbocycles. The smallest absolute Gasteiger partial charge is 0.0447 e. The van der Waals surface area contributed by atoms with Gasteiger partial charge in [0.05, 0.1) is 0 Å². The number of rotatable bonds is 2. The molecule has 0 bridgehead atoms. The molecule has 2 nitrogen and oxygen atoms in total. The Kier molecular flexibility index (Phi) is 2.54. The molecule has 0 N–H and O–H groups in total. The highest BCUT2D eigenvalue weighted by molar-refractivity contribution is 5.26. The Hall–Kier alpha value is -1.70. The van der Waals surface area contributed by atoms with Gasteiger partial charge in [0.2, 0.25) is 0 Å². The van der Waals surface area contributed by atoms with Gasteiger partial charge in [-0.1, -0.05) is 6.07 Å². The highest BCUT2D eigenvalue weighted by Gasteiger charge is 1.99. The van der Waals surface area contributed by atoms with E-state index in [1.165, 1.54) is 11.1 Å². The van der Waals surface area contributed by atoms with E-state index in [4.69, 9.17) is 0 Å². The maximum atomic E-state index is 4.29. The largest absolute Gasteiger partial charge is 0.264 e. The Balaban J connectivity index is 2.24. The first kappa shape index (κ1) is 8.88. The third kappa shape index (κ3) is 1.96. The predicted octanol–water partition coefficient (Wildman–Crippen LogP) is 2.38. The van der Waals surface area contributed by atoms with Gasteiger partial charge < -0.3 is 0 Å². The second-order valence-electron chi connectivity index (χ2n) is 3.30. The molecule has 2 aromatic heterocycles. The van der Waals surface area contributed by atoms with Crippen LogP contribution in [0.1, 0.15) is 16.8 Å². The lowest BCUT2D eigenvalue weighted by atomic mass is 10.1. The van der Waals surface area contributed by atoms with Crippen LogP contribution in [0.2, 0.25) is 0 Å². The highest BCUT2D eigenvalue weighted by atomic mass is 14.7. The number of aryl methyl sites for hydroxylation is 1. The first-order valence-corrected chi connectivity index (χ1v) is 4.65. The lowest BCUT2D eigenvalue weighted by molar-refractivity contribution is 1.05. The molecule has 2 heterocycles. The maximum Gasteiger partial charge on any atom is 0.0447 e. The molecule has 0 saturated heterocycles. The van der Waals surface area contributed by atoms with Crippen molar-refractivity contribution in [1.29, 1.82) is 0 Å². The monoisotopic (exact) mass is 184 g/mol. The summed E-state index contributed by atoms with van der Waals surface area (Å²) in [5.74, 6) is 0. The first-order valence-electron chi connectivity index (χ1n) is 4.65. The minimum atomic E-state index is 0.884. The SMILES string of the molecule is Cc1cnccc1Cc1ccccn1. The fraction of sp³-hybridized carbons (Fsp3) is 0.167. The van der Waals surface area contributed by atoms with Crippen LogP contribution in [-0.2, 0) is 6.42 Å². The van der Waals surface area contributed by atoms with E-state index in [2.05, 4.69) is 16.9 Å². The van der Waals surface area contributed by atoms with Crippen molar-refractivity contribution < 1.29 is 0 Å². The van der Waals surface area contributed by atoms with Crippen molar-refractivity contribution in [3.8, 4) is 0 Å². The Morgan fingerprint density at radius 3 is 2.79 bits per heavy atom. The minimum absolute atomic E-state index is 0.884. The van der Waals surface area contributed by atoms with Gasteiger partial charge in [-0.05, 0) is 36.2 Å². The third-order valence-corrected chi connectivity index (χ3v) is 2.23. The molecule has 0 aliphatic heterocycles. The summed E-state index contributed by atoms with van der Waals surface area (Å²) in [6.45, 7) is 2.07. The molecule has 0 atom stereocenters. The van der Waals surface area contributed by atoms with Crippen molar-refractivity contribution in [2.45, 2.75) is 13.3 Å².